The van der Waals surface area contributed by atoms with Crippen LogP contribution in [0.4, 0.5) is 19.3 Å². The normalized spacial score (nSPS) is 21.7. The molecule has 1 aliphatic carbocycles. The van der Waals surface area contributed by atoms with E-state index in [2.05, 4.69) is 15.4 Å². The number of amides is 2. The number of carbonyl (C=O) groups is 1. The summed E-state index contributed by atoms with van der Waals surface area (Å²) in [5.74, 6) is -2.25. The van der Waals surface area contributed by atoms with Crippen molar-refractivity contribution in [1.82, 2.24) is 5.32 Å². The average molecular weight is 300 g/mol. The maximum absolute atomic E-state index is 13.5. The van der Waals surface area contributed by atoms with Crippen LogP contribution in [0.2, 0.25) is 0 Å². The first kappa shape index (κ1) is 15.5. The molecule has 1 aromatic rings. The van der Waals surface area contributed by atoms with Crippen LogP contribution in [0.1, 0.15) is 25.7 Å². The highest BCUT2D eigenvalue weighted by atomic mass is 19.1. The van der Waals surface area contributed by atoms with Gasteiger partial charge < -0.3 is 20.5 Å². The maximum atomic E-state index is 13.5. The molecule has 3 N–H and O–H groups in total. The third-order valence-electron chi connectivity index (χ3n) is 3.49. The topological polar surface area (TPSA) is 70.6 Å². The van der Waals surface area contributed by atoms with E-state index in [9.17, 15) is 18.7 Å². The Labute approximate surface area is 121 Å². The van der Waals surface area contributed by atoms with Gasteiger partial charge in [-0.3, -0.25) is 0 Å². The lowest BCUT2D eigenvalue weighted by molar-refractivity contribution is 0.118. The first-order valence-electron chi connectivity index (χ1n) is 6.78. The molecule has 1 aliphatic rings. The van der Waals surface area contributed by atoms with E-state index in [1.54, 1.807) is 0 Å². The number of aliphatic hydroxyl groups excluding tert-OH is 1. The second kappa shape index (κ2) is 6.71. The van der Waals surface area contributed by atoms with Crippen LogP contribution < -0.4 is 15.4 Å². The second-order valence-electron chi connectivity index (χ2n) is 5.08. The summed E-state index contributed by atoms with van der Waals surface area (Å²) in [6.45, 7) is 0. The van der Waals surface area contributed by atoms with E-state index in [0.29, 0.717) is 25.7 Å². The van der Waals surface area contributed by atoms with Crippen LogP contribution in [-0.2, 0) is 0 Å². The van der Waals surface area contributed by atoms with E-state index >= 15 is 0 Å². The number of urea groups is 1. The van der Waals surface area contributed by atoms with Crippen LogP contribution in [0.15, 0.2) is 12.1 Å². The molecule has 116 valence electrons. The molecule has 0 unspecified atom stereocenters. The van der Waals surface area contributed by atoms with Crippen LogP contribution in [0.25, 0.3) is 0 Å². The quantitative estimate of drug-likeness (QED) is 0.802. The molecule has 0 bridgehead atoms. The van der Waals surface area contributed by atoms with Crippen molar-refractivity contribution in [2.24, 2.45) is 0 Å². The van der Waals surface area contributed by atoms with E-state index in [4.69, 9.17) is 0 Å². The zero-order valence-corrected chi connectivity index (χ0v) is 11.7. The standard InChI is InChI=1S/C14H18F2N2O3/c1-21-13-11(15)6-9(7-12(13)16)18-14(20)17-8-2-4-10(19)5-3-8/h6-8,10,19H,2-5H2,1H3,(H2,17,18,20). The van der Waals surface area contributed by atoms with Gasteiger partial charge in [-0.25, -0.2) is 13.6 Å². The minimum Gasteiger partial charge on any atom is -0.491 e. The number of hydrogen-bond acceptors (Lipinski definition) is 3. The minimum atomic E-state index is -0.881. The summed E-state index contributed by atoms with van der Waals surface area (Å²) >= 11 is 0. The largest absolute Gasteiger partial charge is 0.491 e. The zero-order valence-electron chi connectivity index (χ0n) is 11.7. The Balaban J connectivity index is 1.93. The molecule has 5 nitrogen and oxygen atoms in total. The molecule has 0 aliphatic heterocycles. The molecule has 2 rings (SSSR count). The molecule has 0 saturated heterocycles. The summed E-state index contributed by atoms with van der Waals surface area (Å²) < 4.78 is 31.6. The number of carbonyl (C=O) groups excluding carboxylic acids is 1. The fourth-order valence-electron chi connectivity index (χ4n) is 2.40. The number of methoxy groups -OCH3 is 1. The molecular weight excluding hydrogens is 282 g/mol. The van der Waals surface area contributed by atoms with Crippen LogP contribution in [-0.4, -0.2) is 30.4 Å². The van der Waals surface area contributed by atoms with E-state index in [1.165, 1.54) is 7.11 Å². The Kier molecular flexibility index (Phi) is 4.95. The average Bonchev–Trinajstić information content (AvgIpc) is 2.41. The highest BCUT2D eigenvalue weighted by Crippen LogP contribution is 2.25. The fraction of sp³-hybridized carbons (Fsp3) is 0.500. The van der Waals surface area contributed by atoms with Crippen molar-refractivity contribution in [3.63, 3.8) is 0 Å². The number of ether oxygens (including phenoxy) is 1. The molecule has 1 aromatic carbocycles. The summed E-state index contributed by atoms with van der Waals surface area (Å²) in [5.41, 5.74) is 0.0131. The van der Waals surface area contributed by atoms with Crippen molar-refractivity contribution in [2.75, 3.05) is 12.4 Å². The van der Waals surface area contributed by atoms with Crippen molar-refractivity contribution in [3.8, 4) is 5.75 Å². The Bertz CT molecular complexity index is 494. The van der Waals surface area contributed by atoms with Crippen LogP contribution in [0, 0.1) is 11.6 Å². The first-order valence-corrected chi connectivity index (χ1v) is 6.78. The van der Waals surface area contributed by atoms with Gasteiger partial charge >= 0.3 is 6.03 Å². The summed E-state index contributed by atoms with van der Waals surface area (Å²) in [6.07, 6.45) is 2.32. The van der Waals surface area contributed by atoms with Crippen molar-refractivity contribution < 1.29 is 23.4 Å². The van der Waals surface area contributed by atoms with Gasteiger partial charge in [-0.1, -0.05) is 0 Å². The van der Waals surface area contributed by atoms with E-state index in [1.807, 2.05) is 0 Å². The SMILES string of the molecule is COc1c(F)cc(NC(=O)NC2CCC(O)CC2)cc1F. The Hall–Kier alpha value is -1.89. The molecule has 2 amide bonds. The molecule has 0 spiro atoms. The molecule has 1 saturated carbocycles. The summed E-state index contributed by atoms with van der Waals surface area (Å²) in [5, 5.41) is 14.5. The van der Waals surface area contributed by atoms with Crippen LogP contribution in [0.3, 0.4) is 0 Å². The van der Waals surface area contributed by atoms with Gasteiger partial charge in [0.05, 0.1) is 13.2 Å². The lowest BCUT2D eigenvalue weighted by Gasteiger charge is -2.26. The Morgan fingerprint density at radius 3 is 2.33 bits per heavy atom. The molecule has 0 atom stereocenters. The van der Waals surface area contributed by atoms with Gasteiger partial charge in [0.2, 0.25) is 0 Å². The number of halogens is 2. The molecule has 1 fully saturated rings. The van der Waals surface area contributed by atoms with Crippen molar-refractivity contribution in [2.45, 2.75) is 37.8 Å². The number of aliphatic hydroxyl groups is 1. The fourth-order valence-corrected chi connectivity index (χ4v) is 2.40. The first-order chi connectivity index (χ1) is 9.99. The van der Waals surface area contributed by atoms with Crippen molar-refractivity contribution in [1.29, 1.82) is 0 Å². The van der Waals surface area contributed by atoms with Crippen LogP contribution in [0.5, 0.6) is 5.75 Å². The van der Waals surface area contributed by atoms with Gasteiger partial charge in [-0.2, -0.15) is 0 Å². The van der Waals surface area contributed by atoms with Gasteiger partial charge in [-0.05, 0) is 25.7 Å². The van der Waals surface area contributed by atoms with Crippen LogP contribution >= 0.6 is 0 Å². The third-order valence-corrected chi connectivity index (χ3v) is 3.49. The molecule has 7 heteroatoms. The van der Waals surface area contributed by atoms with Gasteiger partial charge in [0.15, 0.2) is 17.4 Å². The number of benzene rings is 1. The monoisotopic (exact) mass is 300 g/mol. The predicted molar refractivity (Wildman–Crippen MR) is 73.3 cm³/mol. The highest BCUT2D eigenvalue weighted by Gasteiger charge is 2.21. The lowest BCUT2D eigenvalue weighted by Crippen LogP contribution is -2.40. The lowest BCUT2D eigenvalue weighted by atomic mass is 9.93. The molecule has 0 radical (unpaired) electrons. The number of rotatable bonds is 3. The maximum Gasteiger partial charge on any atom is 0.319 e. The number of hydrogen-bond donors (Lipinski definition) is 3. The Morgan fingerprint density at radius 1 is 1.24 bits per heavy atom. The van der Waals surface area contributed by atoms with E-state index < -0.39 is 23.4 Å². The zero-order chi connectivity index (χ0) is 15.4. The third kappa shape index (κ3) is 4.04. The van der Waals surface area contributed by atoms with Gasteiger partial charge in [-0.15, -0.1) is 0 Å². The van der Waals surface area contributed by atoms with E-state index in [-0.39, 0.29) is 17.8 Å². The number of anilines is 1. The van der Waals surface area contributed by atoms with Gasteiger partial charge in [0.1, 0.15) is 0 Å². The van der Waals surface area contributed by atoms with Crippen molar-refractivity contribution >= 4 is 11.7 Å². The summed E-state index contributed by atoms with van der Waals surface area (Å²) in [4.78, 5) is 11.8. The highest BCUT2D eigenvalue weighted by molar-refractivity contribution is 5.89. The number of nitrogens with one attached hydrogen (secondary N) is 2. The predicted octanol–water partition coefficient (Wildman–Crippen LogP) is 2.40. The molecular formula is C14H18F2N2O3. The van der Waals surface area contributed by atoms with E-state index in [0.717, 1.165) is 12.1 Å². The molecule has 0 heterocycles. The van der Waals surface area contributed by atoms with Gasteiger partial charge in [0.25, 0.3) is 0 Å². The summed E-state index contributed by atoms with van der Waals surface area (Å²) in [6, 6.07) is 1.42. The second-order valence-corrected chi connectivity index (χ2v) is 5.08. The molecule has 0 aromatic heterocycles. The van der Waals surface area contributed by atoms with Gasteiger partial charge in [0, 0.05) is 23.9 Å². The smallest absolute Gasteiger partial charge is 0.319 e. The van der Waals surface area contributed by atoms with Crippen molar-refractivity contribution in [3.05, 3.63) is 23.8 Å². The Morgan fingerprint density at radius 2 is 1.81 bits per heavy atom. The minimum absolute atomic E-state index is 0.0131. The molecule has 21 heavy (non-hydrogen) atoms. The summed E-state index contributed by atoms with van der Waals surface area (Å²) in [7, 11) is 1.17.